The molecule has 1 unspecified atom stereocenters. The van der Waals surface area contributed by atoms with Crippen LogP contribution in [0, 0.1) is 10.1 Å². The second-order valence-electron chi connectivity index (χ2n) is 3.37. The molecule has 0 bridgehead atoms. The van der Waals surface area contributed by atoms with Gasteiger partial charge in [-0.1, -0.05) is 6.08 Å². The van der Waals surface area contributed by atoms with Gasteiger partial charge < -0.3 is 4.74 Å². The number of nitro groups is 1. The van der Waals surface area contributed by atoms with Crippen LogP contribution in [0.3, 0.4) is 0 Å². The highest BCUT2D eigenvalue weighted by molar-refractivity contribution is 5.97. The molecule has 0 N–H and O–H groups in total. The first-order valence-corrected chi connectivity index (χ1v) is 4.61. The summed E-state index contributed by atoms with van der Waals surface area (Å²) >= 11 is 0. The van der Waals surface area contributed by atoms with Crippen molar-refractivity contribution in [3.8, 4) is 0 Å². The quantitative estimate of drug-likeness (QED) is 0.400. The number of rotatable bonds is 3. The minimum absolute atomic E-state index is 0.106. The van der Waals surface area contributed by atoms with Gasteiger partial charge >= 0.3 is 5.97 Å². The molecule has 1 aliphatic carbocycles. The zero-order valence-electron chi connectivity index (χ0n) is 8.93. The van der Waals surface area contributed by atoms with Crippen molar-refractivity contribution in [1.82, 2.24) is 0 Å². The largest absolute Gasteiger partial charge is 0.466 e. The van der Waals surface area contributed by atoms with Gasteiger partial charge in [-0.2, -0.15) is 0 Å². The molecule has 6 heteroatoms. The molecule has 0 heterocycles. The lowest BCUT2D eigenvalue weighted by Gasteiger charge is -2.15. The third kappa shape index (κ3) is 2.33. The van der Waals surface area contributed by atoms with Gasteiger partial charge in [0.1, 0.15) is 0 Å². The van der Waals surface area contributed by atoms with Crippen molar-refractivity contribution >= 4 is 11.8 Å². The molecule has 86 valence electrons. The number of ketones is 1. The van der Waals surface area contributed by atoms with Crippen LogP contribution in [0.5, 0.6) is 0 Å². The normalized spacial score (nSPS) is 19.5. The number of ether oxygens (including phenoxy) is 1. The van der Waals surface area contributed by atoms with E-state index in [4.69, 9.17) is 0 Å². The van der Waals surface area contributed by atoms with Gasteiger partial charge in [0.25, 0.3) is 0 Å². The van der Waals surface area contributed by atoms with Crippen molar-refractivity contribution in [2.24, 2.45) is 0 Å². The molecule has 1 rings (SSSR count). The second kappa shape index (κ2) is 4.69. The topological polar surface area (TPSA) is 86.5 Å². The number of carbonyl (C=O) groups excluding carboxylic acids is 2. The number of allylic oxidation sites excluding steroid dienone is 2. The first kappa shape index (κ1) is 12.1. The van der Waals surface area contributed by atoms with E-state index in [0.29, 0.717) is 0 Å². The van der Waals surface area contributed by atoms with Crippen LogP contribution in [0.4, 0.5) is 0 Å². The van der Waals surface area contributed by atoms with Crippen LogP contribution < -0.4 is 0 Å². The van der Waals surface area contributed by atoms with E-state index in [1.165, 1.54) is 26.2 Å². The second-order valence-corrected chi connectivity index (χ2v) is 3.37. The first-order valence-electron chi connectivity index (χ1n) is 4.61. The third-order valence-corrected chi connectivity index (χ3v) is 2.34. The van der Waals surface area contributed by atoms with Crippen molar-refractivity contribution in [2.75, 3.05) is 7.11 Å². The molecular weight excluding hydrogens is 214 g/mol. The standard InChI is InChI=1S/C10H11NO5/c1-6(12)8-4-3-7(10(13)16-2)5-9(8)11(14)15/h3-4,9H,5H2,1-2H3. The number of nitrogens with zero attached hydrogens (tertiary/aromatic N) is 1. The number of Topliss-reactive ketones (excluding diaryl/α,β-unsaturated/α-hetero) is 1. The fourth-order valence-corrected chi connectivity index (χ4v) is 1.51. The van der Waals surface area contributed by atoms with Crippen LogP contribution in [0.15, 0.2) is 23.3 Å². The Morgan fingerprint density at radius 3 is 2.56 bits per heavy atom. The lowest BCUT2D eigenvalue weighted by molar-refractivity contribution is -0.510. The van der Waals surface area contributed by atoms with E-state index in [2.05, 4.69) is 4.74 Å². The number of hydrogen-bond donors (Lipinski definition) is 0. The van der Waals surface area contributed by atoms with Crippen molar-refractivity contribution in [1.29, 1.82) is 0 Å². The smallest absolute Gasteiger partial charge is 0.334 e. The molecule has 0 aromatic carbocycles. The number of methoxy groups -OCH3 is 1. The maximum absolute atomic E-state index is 11.2. The van der Waals surface area contributed by atoms with E-state index in [-0.39, 0.29) is 23.4 Å². The highest BCUT2D eigenvalue weighted by Crippen LogP contribution is 2.22. The average molecular weight is 225 g/mol. The number of esters is 1. The summed E-state index contributed by atoms with van der Waals surface area (Å²) in [5, 5.41) is 10.8. The van der Waals surface area contributed by atoms with Crippen LogP contribution in [-0.4, -0.2) is 29.8 Å². The number of hydrogen-bond acceptors (Lipinski definition) is 5. The van der Waals surface area contributed by atoms with Crippen molar-refractivity contribution < 1.29 is 19.2 Å². The Morgan fingerprint density at radius 2 is 2.12 bits per heavy atom. The molecule has 1 aliphatic rings. The summed E-state index contributed by atoms with van der Waals surface area (Å²) in [6.45, 7) is 1.26. The molecule has 6 nitrogen and oxygen atoms in total. The Balaban J connectivity index is 3.04. The van der Waals surface area contributed by atoms with E-state index in [1.807, 2.05) is 0 Å². The highest BCUT2D eigenvalue weighted by Gasteiger charge is 2.33. The zero-order valence-corrected chi connectivity index (χ0v) is 8.93. The molecular formula is C10H11NO5. The first-order chi connectivity index (χ1) is 7.47. The van der Waals surface area contributed by atoms with Gasteiger partial charge in [-0.05, 0) is 13.0 Å². The minimum Gasteiger partial charge on any atom is -0.466 e. The molecule has 0 saturated carbocycles. The van der Waals surface area contributed by atoms with Gasteiger partial charge in [0.05, 0.1) is 19.1 Å². The molecule has 0 amide bonds. The average Bonchev–Trinajstić information content (AvgIpc) is 2.26. The van der Waals surface area contributed by atoms with Gasteiger partial charge in [0, 0.05) is 10.5 Å². The molecule has 16 heavy (non-hydrogen) atoms. The third-order valence-electron chi connectivity index (χ3n) is 2.34. The predicted molar refractivity (Wildman–Crippen MR) is 54.3 cm³/mol. The summed E-state index contributed by atoms with van der Waals surface area (Å²) in [7, 11) is 1.20. The van der Waals surface area contributed by atoms with Crippen LogP contribution in [-0.2, 0) is 14.3 Å². The minimum atomic E-state index is -1.16. The zero-order chi connectivity index (χ0) is 12.3. The fraction of sp³-hybridized carbons (Fsp3) is 0.400. The predicted octanol–water partition coefficient (Wildman–Crippen LogP) is 0.650. The Labute approximate surface area is 91.7 Å². The van der Waals surface area contributed by atoms with Crippen molar-refractivity contribution in [3.05, 3.63) is 33.4 Å². The van der Waals surface area contributed by atoms with E-state index >= 15 is 0 Å². The molecule has 1 atom stereocenters. The van der Waals surface area contributed by atoms with E-state index in [9.17, 15) is 19.7 Å². The van der Waals surface area contributed by atoms with Gasteiger partial charge in [-0.3, -0.25) is 14.9 Å². The van der Waals surface area contributed by atoms with Gasteiger partial charge in [-0.25, -0.2) is 4.79 Å². The molecule has 0 aromatic rings. The van der Waals surface area contributed by atoms with Crippen LogP contribution in [0.2, 0.25) is 0 Å². The summed E-state index contributed by atoms with van der Waals surface area (Å²) in [4.78, 5) is 32.5. The Kier molecular flexibility index (Phi) is 3.55. The summed E-state index contributed by atoms with van der Waals surface area (Å²) < 4.78 is 4.47. The lowest BCUT2D eigenvalue weighted by Crippen LogP contribution is -2.29. The Bertz CT molecular complexity index is 407. The van der Waals surface area contributed by atoms with Gasteiger partial charge in [0.15, 0.2) is 5.78 Å². The monoisotopic (exact) mass is 225 g/mol. The van der Waals surface area contributed by atoms with E-state index < -0.39 is 16.9 Å². The summed E-state index contributed by atoms with van der Waals surface area (Å²) in [5.74, 6) is -0.965. The molecule has 0 spiro atoms. The number of carbonyl (C=O) groups is 2. The molecule has 0 saturated heterocycles. The van der Waals surface area contributed by atoms with Crippen LogP contribution in [0.1, 0.15) is 13.3 Å². The Hall–Kier alpha value is -1.98. The molecule has 0 radical (unpaired) electrons. The molecule has 0 aliphatic heterocycles. The van der Waals surface area contributed by atoms with Crippen LogP contribution in [0.25, 0.3) is 0 Å². The maximum Gasteiger partial charge on any atom is 0.334 e. The summed E-state index contributed by atoms with van der Waals surface area (Å²) in [6, 6.07) is -1.16. The Morgan fingerprint density at radius 1 is 1.50 bits per heavy atom. The van der Waals surface area contributed by atoms with Crippen molar-refractivity contribution in [2.45, 2.75) is 19.4 Å². The molecule has 0 aromatic heterocycles. The van der Waals surface area contributed by atoms with Gasteiger partial charge in [0.2, 0.25) is 6.04 Å². The lowest BCUT2D eigenvalue weighted by atomic mass is 9.91. The van der Waals surface area contributed by atoms with E-state index in [0.717, 1.165) is 0 Å². The summed E-state index contributed by atoms with van der Waals surface area (Å²) in [5.41, 5.74) is 0.312. The van der Waals surface area contributed by atoms with Crippen LogP contribution >= 0.6 is 0 Å². The fourth-order valence-electron chi connectivity index (χ4n) is 1.51. The van der Waals surface area contributed by atoms with Crippen molar-refractivity contribution in [3.63, 3.8) is 0 Å². The molecule has 0 fully saturated rings. The highest BCUT2D eigenvalue weighted by atomic mass is 16.6. The maximum atomic E-state index is 11.2. The van der Waals surface area contributed by atoms with Gasteiger partial charge in [-0.15, -0.1) is 0 Å². The summed E-state index contributed by atoms with van der Waals surface area (Å²) in [6.07, 6.45) is 2.60. The van der Waals surface area contributed by atoms with E-state index in [1.54, 1.807) is 0 Å². The SMILES string of the molecule is COC(=O)C1=CC=C(C(C)=O)C([N+](=O)[O-])C1.